The second kappa shape index (κ2) is 4.04. The van der Waals surface area contributed by atoms with E-state index < -0.39 is 11.9 Å². The van der Waals surface area contributed by atoms with E-state index in [1.165, 1.54) is 0 Å². The van der Waals surface area contributed by atoms with Crippen molar-refractivity contribution in [3.8, 4) is 5.69 Å². The van der Waals surface area contributed by atoms with Crippen molar-refractivity contribution in [2.24, 2.45) is 0 Å². The number of alkyl halides is 3. The highest BCUT2D eigenvalue weighted by molar-refractivity contribution is 5.43. The second-order valence-corrected chi connectivity index (χ2v) is 4.13. The zero-order chi connectivity index (χ0) is 13.5. The number of hydrogen-bond donors (Lipinski definition) is 1. The molecule has 6 heteroatoms. The van der Waals surface area contributed by atoms with Gasteiger partial charge in [-0.2, -0.15) is 18.3 Å². The lowest BCUT2D eigenvalue weighted by Gasteiger charge is -2.11. The number of aromatic nitrogens is 2. The number of nitrogens with two attached hydrogens (primary N) is 1. The van der Waals surface area contributed by atoms with Gasteiger partial charge in [0.15, 0.2) is 0 Å². The first kappa shape index (κ1) is 12.5. The number of aryl methyl sites for hydroxylation is 2. The van der Waals surface area contributed by atoms with Crippen molar-refractivity contribution in [1.82, 2.24) is 9.78 Å². The van der Waals surface area contributed by atoms with Crippen LogP contribution in [0.5, 0.6) is 0 Å². The fourth-order valence-corrected chi connectivity index (χ4v) is 1.66. The molecule has 2 aromatic rings. The van der Waals surface area contributed by atoms with Crippen LogP contribution in [-0.2, 0) is 6.18 Å². The van der Waals surface area contributed by atoms with Gasteiger partial charge in [0.1, 0.15) is 11.5 Å². The monoisotopic (exact) mass is 255 g/mol. The Morgan fingerprint density at radius 3 is 2.33 bits per heavy atom. The topological polar surface area (TPSA) is 43.8 Å². The zero-order valence-electron chi connectivity index (χ0n) is 9.92. The third-order valence-corrected chi connectivity index (χ3v) is 2.75. The molecule has 0 aliphatic carbocycles. The zero-order valence-corrected chi connectivity index (χ0v) is 9.92. The lowest BCUT2D eigenvalue weighted by atomic mass is 10.1. The highest BCUT2D eigenvalue weighted by Gasteiger charge is 2.36. The molecule has 0 bridgehead atoms. The molecule has 0 saturated carbocycles. The minimum absolute atomic E-state index is 0.152. The lowest BCUT2D eigenvalue weighted by Crippen LogP contribution is -2.13. The number of hydrogen-bond acceptors (Lipinski definition) is 2. The molecule has 0 aliphatic heterocycles. The van der Waals surface area contributed by atoms with E-state index in [1.54, 1.807) is 18.2 Å². The molecule has 0 fully saturated rings. The van der Waals surface area contributed by atoms with Crippen molar-refractivity contribution in [2.45, 2.75) is 20.0 Å². The van der Waals surface area contributed by atoms with E-state index >= 15 is 0 Å². The molecule has 0 atom stereocenters. The first-order valence-corrected chi connectivity index (χ1v) is 5.29. The number of rotatable bonds is 1. The predicted molar refractivity (Wildman–Crippen MR) is 62.5 cm³/mol. The number of anilines is 1. The Labute approximate surface area is 102 Å². The summed E-state index contributed by atoms with van der Waals surface area (Å²) in [6.45, 7) is 3.72. The van der Waals surface area contributed by atoms with Crippen LogP contribution in [0, 0.1) is 13.8 Å². The Morgan fingerprint density at radius 1 is 1.11 bits per heavy atom. The van der Waals surface area contributed by atoms with Crippen LogP contribution < -0.4 is 5.73 Å². The first-order chi connectivity index (χ1) is 8.29. The highest BCUT2D eigenvalue weighted by atomic mass is 19.4. The van der Waals surface area contributed by atoms with E-state index in [0.29, 0.717) is 5.69 Å². The maximum absolute atomic E-state index is 12.8. The molecule has 96 valence electrons. The van der Waals surface area contributed by atoms with Gasteiger partial charge in [-0.3, -0.25) is 0 Å². The van der Waals surface area contributed by atoms with Crippen LogP contribution in [0.2, 0.25) is 0 Å². The summed E-state index contributed by atoms with van der Waals surface area (Å²) in [4.78, 5) is 0. The van der Waals surface area contributed by atoms with Gasteiger partial charge in [0.25, 0.3) is 0 Å². The summed E-state index contributed by atoms with van der Waals surface area (Å²) < 4.78 is 39.3. The van der Waals surface area contributed by atoms with E-state index in [0.717, 1.165) is 21.9 Å². The average Bonchev–Trinajstić information content (AvgIpc) is 2.64. The molecular formula is C12H12F3N3. The molecule has 2 rings (SSSR count). The first-order valence-electron chi connectivity index (χ1n) is 5.29. The third kappa shape index (κ3) is 2.18. The van der Waals surface area contributed by atoms with Gasteiger partial charge < -0.3 is 5.73 Å². The summed E-state index contributed by atoms with van der Waals surface area (Å²) in [5, 5.41) is 3.69. The molecule has 0 aliphatic rings. The quantitative estimate of drug-likeness (QED) is 0.851. The average molecular weight is 255 g/mol. The van der Waals surface area contributed by atoms with Crippen molar-refractivity contribution in [3.05, 3.63) is 41.1 Å². The number of halogens is 3. The predicted octanol–water partition coefficient (Wildman–Crippen LogP) is 3.09. The fourth-order valence-electron chi connectivity index (χ4n) is 1.66. The van der Waals surface area contributed by atoms with Gasteiger partial charge in [-0.15, -0.1) is 0 Å². The van der Waals surface area contributed by atoms with Crippen LogP contribution in [-0.4, -0.2) is 9.78 Å². The normalized spacial score (nSPS) is 11.8. The van der Waals surface area contributed by atoms with Crippen molar-refractivity contribution < 1.29 is 13.2 Å². The molecule has 0 unspecified atom stereocenters. The molecule has 3 nitrogen and oxygen atoms in total. The molecule has 1 aromatic carbocycles. The van der Waals surface area contributed by atoms with Crippen molar-refractivity contribution in [1.29, 1.82) is 0 Å². The highest BCUT2D eigenvalue weighted by Crippen LogP contribution is 2.32. The Morgan fingerprint density at radius 2 is 1.78 bits per heavy atom. The van der Waals surface area contributed by atoms with Crippen molar-refractivity contribution >= 4 is 5.82 Å². The Hall–Kier alpha value is -1.98. The largest absolute Gasteiger partial charge is 0.433 e. The van der Waals surface area contributed by atoms with Crippen LogP contribution >= 0.6 is 0 Å². The molecule has 0 saturated heterocycles. The van der Waals surface area contributed by atoms with Crippen LogP contribution in [0.15, 0.2) is 24.3 Å². The van der Waals surface area contributed by atoms with Crippen molar-refractivity contribution in [3.63, 3.8) is 0 Å². The van der Waals surface area contributed by atoms with Crippen LogP contribution in [0.1, 0.15) is 16.8 Å². The standard InChI is InChI=1S/C12H12F3N3/c1-7-3-4-9(5-8(7)2)18-10(12(13,14)15)6-11(16)17-18/h3-6H,1-2H3,(H2,16,17). The van der Waals surface area contributed by atoms with E-state index in [2.05, 4.69) is 5.10 Å². The van der Waals surface area contributed by atoms with Crippen molar-refractivity contribution in [2.75, 3.05) is 5.73 Å². The number of benzene rings is 1. The summed E-state index contributed by atoms with van der Waals surface area (Å²) >= 11 is 0. The Kier molecular flexibility index (Phi) is 2.80. The van der Waals surface area contributed by atoms with Crippen LogP contribution in [0.3, 0.4) is 0 Å². The van der Waals surface area contributed by atoms with Gasteiger partial charge in [-0.25, -0.2) is 4.68 Å². The van der Waals surface area contributed by atoms with Gasteiger partial charge >= 0.3 is 6.18 Å². The molecule has 0 amide bonds. The summed E-state index contributed by atoms with van der Waals surface area (Å²) in [7, 11) is 0. The lowest BCUT2D eigenvalue weighted by molar-refractivity contribution is -0.142. The van der Waals surface area contributed by atoms with E-state index in [4.69, 9.17) is 5.73 Å². The fraction of sp³-hybridized carbons (Fsp3) is 0.250. The van der Waals surface area contributed by atoms with Gasteiger partial charge in [-0.05, 0) is 37.1 Å². The molecule has 1 aromatic heterocycles. The molecular weight excluding hydrogens is 243 g/mol. The SMILES string of the molecule is Cc1ccc(-n2nc(N)cc2C(F)(F)F)cc1C. The molecule has 18 heavy (non-hydrogen) atoms. The van der Waals surface area contributed by atoms with E-state index in [-0.39, 0.29) is 5.82 Å². The third-order valence-electron chi connectivity index (χ3n) is 2.75. The molecule has 0 spiro atoms. The van der Waals surface area contributed by atoms with E-state index in [1.807, 2.05) is 13.8 Å². The Balaban J connectivity index is 2.60. The Bertz CT molecular complexity index is 585. The molecule has 2 N–H and O–H groups in total. The van der Waals surface area contributed by atoms with Crippen LogP contribution in [0.4, 0.5) is 19.0 Å². The maximum Gasteiger partial charge on any atom is 0.433 e. The van der Waals surface area contributed by atoms with Gasteiger partial charge in [0.05, 0.1) is 5.69 Å². The summed E-state index contributed by atoms with van der Waals surface area (Å²) in [6, 6.07) is 5.82. The minimum atomic E-state index is -4.48. The van der Waals surface area contributed by atoms with Gasteiger partial charge in [-0.1, -0.05) is 6.07 Å². The summed E-state index contributed by atoms with van der Waals surface area (Å²) in [5.41, 5.74) is 6.73. The van der Waals surface area contributed by atoms with Gasteiger partial charge in [0, 0.05) is 6.07 Å². The smallest absolute Gasteiger partial charge is 0.382 e. The minimum Gasteiger partial charge on any atom is -0.382 e. The molecule has 1 heterocycles. The van der Waals surface area contributed by atoms with Gasteiger partial charge in [0.2, 0.25) is 0 Å². The van der Waals surface area contributed by atoms with Crippen LogP contribution in [0.25, 0.3) is 5.69 Å². The number of nitrogens with zero attached hydrogens (tertiary/aromatic N) is 2. The van der Waals surface area contributed by atoms with E-state index in [9.17, 15) is 13.2 Å². The molecule has 0 radical (unpaired) electrons. The summed E-state index contributed by atoms with van der Waals surface area (Å²) in [6.07, 6.45) is -4.48. The number of nitrogen functional groups attached to an aromatic ring is 1. The summed E-state index contributed by atoms with van der Waals surface area (Å²) in [5.74, 6) is -0.152. The second-order valence-electron chi connectivity index (χ2n) is 4.13. The maximum atomic E-state index is 12.8.